The summed E-state index contributed by atoms with van der Waals surface area (Å²) in [5.74, 6) is 0. The van der Waals surface area contributed by atoms with E-state index in [2.05, 4.69) is 16.0 Å². The molecule has 2 nitrogen and oxygen atoms in total. The van der Waals surface area contributed by atoms with Gasteiger partial charge in [-0.25, -0.2) is 4.31 Å². The molecule has 0 bridgehead atoms. The summed E-state index contributed by atoms with van der Waals surface area (Å²) in [4.78, 5) is 0. The fraction of sp³-hybridized carbons (Fsp3) is 1.00. The van der Waals surface area contributed by atoms with Crippen LogP contribution in [0.2, 0.25) is 0 Å². The molecule has 0 aromatic carbocycles. The molecule has 1 saturated heterocycles. The molecular formula is C5H11NOS2. The van der Waals surface area contributed by atoms with Gasteiger partial charge < -0.3 is 4.74 Å². The Morgan fingerprint density at radius 3 is 2.89 bits per heavy atom. The normalized spacial score (nSPS) is 29.3. The summed E-state index contributed by atoms with van der Waals surface area (Å²) in [6.07, 6.45) is 1.58. The Labute approximate surface area is 64.9 Å². The minimum Gasteiger partial charge on any atom is -0.380 e. The fourth-order valence-corrected chi connectivity index (χ4v) is 1.83. The zero-order chi connectivity index (χ0) is 6.69. The lowest BCUT2D eigenvalue weighted by Gasteiger charge is -2.08. The van der Waals surface area contributed by atoms with Crippen LogP contribution in [0.1, 0.15) is 6.42 Å². The van der Waals surface area contributed by atoms with E-state index in [0.717, 1.165) is 19.5 Å². The van der Waals surface area contributed by atoms with Gasteiger partial charge in [0.05, 0.1) is 6.10 Å². The molecule has 9 heavy (non-hydrogen) atoms. The number of hydrogen-bond donors (Lipinski definition) is 1. The molecule has 0 amide bonds. The molecule has 0 aromatic heterocycles. The van der Waals surface area contributed by atoms with Crippen molar-refractivity contribution in [2.75, 3.05) is 20.2 Å². The van der Waals surface area contributed by atoms with Crippen molar-refractivity contribution >= 4 is 22.6 Å². The van der Waals surface area contributed by atoms with Crippen LogP contribution >= 0.6 is 22.6 Å². The zero-order valence-electron chi connectivity index (χ0n) is 5.41. The van der Waals surface area contributed by atoms with Gasteiger partial charge in [0, 0.05) is 20.2 Å². The average Bonchev–Trinajstić information content (AvgIpc) is 2.34. The highest BCUT2D eigenvalue weighted by molar-refractivity contribution is 8.67. The number of thiol groups is 1. The van der Waals surface area contributed by atoms with Gasteiger partial charge >= 0.3 is 0 Å². The average molecular weight is 165 g/mol. The molecule has 0 saturated carbocycles. The second-order valence-electron chi connectivity index (χ2n) is 2.12. The van der Waals surface area contributed by atoms with Crippen molar-refractivity contribution in [3.05, 3.63) is 0 Å². The van der Waals surface area contributed by atoms with E-state index < -0.39 is 0 Å². The van der Waals surface area contributed by atoms with E-state index >= 15 is 0 Å². The first-order chi connectivity index (χ1) is 4.36. The predicted molar refractivity (Wildman–Crippen MR) is 43.6 cm³/mol. The lowest BCUT2D eigenvalue weighted by atomic mass is 10.3. The van der Waals surface area contributed by atoms with E-state index in [4.69, 9.17) is 4.74 Å². The second kappa shape index (κ2) is 3.71. The third kappa shape index (κ3) is 2.04. The van der Waals surface area contributed by atoms with Crippen molar-refractivity contribution in [1.29, 1.82) is 0 Å². The number of rotatable bonds is 2. The molecule has 1 aliphatic rings. The van der Waals surface area contributed by atoms with E-state index in [-0.39, 0.29) is 0 Å². The highest BCUT2D eigenvalue weighted by atomic mass is 33.1. The van der Waals surface area contributed by atoms with Crippen LogP contribution in [0.5, 0.6) is 0 Å². The van der Waals surface area contributed by atoms with Crippen LogP contribution < -0.4 is 0 Å². The molecule has 1 aliphatic heterocycles. The van der Waals surface area contributed by atoms with Gasteiger partial charge in [0.25, 0.3) is 0 Å². The Kier molecular flexibility index (Phi) is 3.18. The van der Waals surface area contributed by atoms with Gasteiger partial charge in [0.1, 0.15) is 0 Å². The Hall–Kier alpha value is 0.620. The predicted octanol–water partition coefficient (Wildman–Crippen LogP) is 1.20. The van der Waals surface area contributed by atoms with E-state index in [1.807, 2.05) is 0 Å². The molecule has 1 unspecified atom stereocenters. The third-order valence-corrected chi connectivity index (χ3v) is 2.81. The molecular weight excluding hydrogens is 154 g/mol. The first-order valence-corrected chi connectivity index (χ1v) is 4.78. The maximum absolute atomic E-state index is 5.15. The topological polar surface area (TPSA) is 12.5 Å². The Morgan fingerprint density at radius 2 is 2.56 bits per heavy atom. The smallest absolute Gasteiger partial charge is 0.0720 e. The molecule has 1 atom stereocenters. The maximum atomic E-state index is 5.15. The summed E-state index contributed by atoms with van der Waals surface area (Å²) in [5.41, 5.74) is 0. The van der Waals surface area contributed by atoms with Gasteiger partial charge in [-0.2, -0.15) is 0 Å². The third-order valence-electron chi connectivity index (χ3n) is 1.56. The molecule has 1 heterocycles. The van der Waals surface area contributed by atoms with Gasteiger partial charge in [-0.3, -0.25) is 0 Å². The van der Waals surface area contributed by atoms with Crippen LogP contribution in [0.4, 0.5) is 0 Å². The Balaban J connectivity index is 2.20. The minimum atomic E-state index is 0.435. The number of nitrogens with zero attached hydrogens (tertiary/aromatic N) is 1. The van der Waals surface area contributed by atoms with Crippen molar-refractivity contribution < 1.29 is 4.74 Å². The molecule has 54 valence electrons. The molecule has 0 N–H and O–H groups in total. The van der Waals surface area contributed by atoms with Crippen LogP contribution in [-0.4, -0.2) is 30.6 Å². The zero-order valence-corrected chi connectivity index (χ0v) is 7.12. The van der Waals surface area contributed by atoms with Crippen molar-refractivity contribution in [2.24, 2.45) is 0 Å². The summed E-state index contributed by atoms with van der Waals surface area (Å²) in [6, 6.07) is 0. The largest absolute Gasteiger partial charge is 0.380 e. The molecule has 4 heteroatoms. The Morgan fingerprint density at radius 1 is 1.78 bits per heavy atom. The summed E-state index contributed by atoms with van der Waals surface area (Å²) in [7, 11) is 3.26. The van der Waals surface area contributed by atoms with Gasteiger partial charge in [0.15, 0.2) is 0 Å². The van der Waals surface area contributed by atoms with Crippen LogP contribution in [-0.2, 0) is 4.74 Å². The molecule has 1 fully saturated rings. The monoisotopic (exact) mass is 165 g/mol. The van der Waals surface area contributed by atoms with E-state index in [9.17, 15) is 0 Å². The summed E-state index contributed by atoms with van der Waals surface area (Å²) in [6.45, 7) is 2.12. The Bertz CT molecular complexity index is 81.0. The minimum absolute atomic E-state index is 0.435. The number of hydrogen-bond acceptors (Lipinski definition) is 4. The summed E-state index contributed by atoms with van der Waals surface area (Å²) in [5, 5.41) is 0. The molecule has 0 aromatic rings. The SMILES string of the molecule is COC1CCN(SS)C1. The first-order valence-electron chi connectivity index (χ1n) is 2.96. The molecule has 0 aliphatic carbocycles. The molecule has 0 radical (unpaired) electrons. The van der Waals surface area contributed by atoms with Gasteiger partial charge in [-0.05, 0) is 17.4 Å². The highest BCUT2D eigenvalue weighted by Crippen LogP contribution is 2.22. The highest BCUT2D eigenvalue weighted by Gasteiger charge is 2.20. The van der Waals surface area contributed by atoms with Crippen molar-refractivity contribution in [3.8, 4) is 0 Å². The molecule has 0 spiro atoms. The van der Waals surface area contributed by atoms with Gasteiger partial charge in [-0.15, -0.1) is 0 Å². The van der Waals surface area contributed by atoms with Gasteiger partial charge in [-0.1, -0.05) is 11.7 Å². The molecule has 1 rings (SSSR count). The number of ether oxygens (including phenoxy) is 1. The van der Waals surface area contributed by atoms with Crippen LogP contribution in [0.25, 0.3) is 0 Å². The van der Waals surface area contributed by atoms with Crippen molar-refractivity contribution in [3.63, 3.8) is 0 Å². The van der Waals surface area contributed by atoms with E-state index in [0.29, 0.717) is 6.10 Å². The fourth-order valence-electron chi connectivity index (χ4n) is 0.964. The summed E-state index contributed by atoms with van der Waals surface area (Å²) < 4.78 is 7.35. The van der Waals surface area contributed by atoms with Crippen molar-refractivity contribution in [1.82, 2.24) is 4.31 Å². The maximum Gasteiger partial charge on any atom is 0.0720 e. The van der Waals surface area contributed by atoms with Gasteiger partial charge in [0.2, 0.25) is 0 Å². The van der Waals surface area contributed by atoms with Crippen LogP contribution in [0, 0.1) is 0 Å². The van der Waals surface area contributed by atoms with Crippen LogP contribution in [0.3, 0.4) is 0 Å². The quantitative estimate of drug-likeness (QED) is 0.375. The summed E-state index contributed by atoms with van der Waals surface area (Å²) >= 11 is 4.08. The van der Waals surface area contributed by atoms with Crippen molar-refractivity contribution in [2.45, 2.75) is 12.5 Å². The lowest BCUT2D eigenvalue weighted by molar-refractivity contribution is 0.116. The first kappa shape index (κ1) is 7.72. The number of methoxy groups -OCH3 is 1. The van der Waals surface area contributed by atoms with E-state index in [1.165, 1.54) is 11.0 Å². The standard InChI is InChI=1S/C5H11NOS2/c1-7-5-2-3-6(4-5)9-8/h5,8H,2-4H2,1H3. The second-order valence-corrected chi connectivity index (χ2v) is 3.29. The van der Waals surface area contributed by atoms with E-state index in [1.54, 1.807) is 7.11 Å². The van der Waals surface area contributed by atoms with Crippen LogP contribution in [0.15, 0.2) is 0 Å². The lowest BCUT2D eigenvalue weighted by Crippen LogP contribution is -2.14.